The van der Waals surface area contributed by atoms with Crippen LogP contribution in [0.3, 0.4) is 0 Å². The number of aromatic amines is 1. The fourth-order valence-electron chi connectivity index (χ4n) is 1.82. The van der Waals surface area contributed by atoms with E-state index in [1.807, 2.05) is 36.4 Å². The van der Waals surface area contributed by atoms with Crippen LogP contribution in [0.2, 0.25) is 5.02 Å². The van der Waals surface area contributed by atoms with Gasteiger partial charge in [0.05, 0.1) is 10.5 Å². The molecule has 3 aromatic rings. The predicted octanol–water partition coefficient (Wildman–Crippen LogP) is 3.44. The normalized spacial score (nSPS) is 10.9. The fraction of sp³-hybridized carbons (Fsp3) is 0. The van der Waals surface area contributed by atoms with E-state index in [9.17, 15) is 4.79 Å². The zero-order chi connectivity index (χ0) is 11.8. The summed E-state index contributed by atoms with van der Waals surface area (Å²) in [6.45, 7) is 0. The molecule has 1 heterocycles. The van der Waals surface area contributed by atoms with Gasteiger partial charge in [0.2, 0.25) is 0 Å². The molecule has 0 saturated carbocycles. The van der Waals surface area contributed by atoms with Crippen LogP contribution in [0.5, 0.6) is 0 Å². The fourth-order valence-corrected chi connectivity index (χ4v) is 2.07. The van der Waals surface area contributed by atoms with Gasteiger partial charge in [0.25, 0.3) is 0 Å². The van der Waals surface area contributed by atoms with Crippen LogP contribution in [0.25, 0.3) is 22.2 Å². The summed E-state index contributed by atoms with van der Waals surface area (Å²) in [5.74, 6) is -0.493. The Hall–Kier alpha value is -2.00. The molecular formula is C13H8ClNO2. The molecule has 2 aromatic carbocycles. The van der Waals surface area contributed by atoms with Crippen molar-refractivity contribution in [3.05, 3.63) is 58.0 Å². The lowest BCUT2D eigenvalue weighted by Crippen LogP contribution is -1.92. The van der Waals surface area contributed by atoms with Gasteiger partial charge in [-0.15, -0.1) is 0 Å². The molecule has 0 aliphatic carbocycles. The summed E-state index contributed by atoms with van der Waals surface area (Å²) >= 11 is 6.07. The van der Waals surface area contributed by atoms with Gasteiger partial charge < -0.3 is 4.42 Å². The largest absolute Gasteiger partial charge is 0.417 e. The molecule has 0 fully saturated rings. The Morgan fingerprint density at radius 2 is 1.82 bits per heavy atom. The topological polar surface area (TPSA) is 46.0 Å². The molecule has 84 valence electrons. The van der Waals surface area contributed by atoms with E-state index in [0.29, 0.717) is 16.1 Å². The lowest BCUT2D eigenvalue weighted by Gasteiger charge is -2.02. The van der Waals surface area contributed by atoms with Crippen LogP contribution in [-0.2, 0) is 0 Å². The SMILES string of the molecule is O=c1[nH]c2cc(-c3ccccc3)cc(Cl)c2o1. The molecule has 0 bridgehead atoms. The highest BCUT2D eigenvalue weighted by Gasteiger charge is 2.08. The van der Waals surface area contributed by atoms with E-state index in [4.69, 9.17) is 16.0 Å². The maximum Gasteiger partial charge on any atom is 0.417 e. The van der Waals surface area contributed by atoms with Gasteiger partial charge in [0, 0.05) is 0 Å². The van der Waals surface area contributed by atoms with E-state index in [0.717, 1.165) is 11.1 Å². The minimum absolute atomic E-state index is 0.399. The monoisotopic (exact) mass is 245 g/mol. The van der Waals surface area contributed by atoms with Crippen molar-refractivity contribution < 1.29 is 4.42 Å². The minimum atomic E-state index is -0.493. The van der Waals surface area contributed by atoms with Crippen LogP contribution in [0.4, 0.5) is 0 Å². The number of rotatable bonds is 1. The molecule has 3 nitrogen and oxygen atoms in total. The molecule has 0 amide bonds. The van der Waals surface area contributed by atoms with E-state index >= 15 is 0 Å². The number of hydrogen-bond acceptors (Lipinski definition) is 2. The first kappa shape index (κ1) is 10.2. The summed E-state index contributed by atoms with van der Waals surface area (Å²) in [5, 5.41) is 0.430. The molecule has 4 heteroatoms. The summed E-state index contributed by atoms with van der Waals surface area (Å²) in [6, 6.07) is 13.4. The Kier molecular flexibility index (Phi) is 2.27. The van der Waals surface area contributed by atoms with E-state index in [-0.39, 0.29) is 0 Å². The highest BCUT2D eigenvalue weighted by atomic mass is 35.5. The summed E-state index contributed by atoms with van der Waals surface area (Å²) in [6.07, 6.45) is 0. The molecule has 0 saturated heterocycles. The second-order valence-corrected chi connectivity index (χ2v) is 4.12. The van der Waals surface area contributed by atoms with Crippen molar-refractivity contribution in [3.63, 3.8) is 0 Å². The molecule has 1 N–H and O–H groups in total. The maximum atomic E-state index is 11.1. The van der Waals surface area contributed by atoms with Gasteiger partial charge in [-0.05, 0) is 23.3 Å². The third-order valence-electron chi connectivity index (χ3n) is 2.58. The molecule has 0 aliphatic rings. The maximum absolute atomic E-state index is 11.1. The second kappa shape index (κ2) is 3.79. The Morgan fingerprint density at radius 3 is 2.59 bits per heavy atom. The molecule has 0 aliphatic heterocycles. The molecule has 0 atom stereocenters. The summed E-state index contributed by atoms with van der Waals surface area (Å²) in [7, 11) is 0. The molecular weight excluding hydrogens is 238 g/mol. The Bertz CT molecular complexity index is 728. The van der Waals surface area contributed by atoms with Crippen molar-refractivity contribution in [2.45, 2.75) is 0 Å². The van der Waals surface area contributed by atoms with E-state index in [1.165, 1.54) is 0 Å². The van der Waals surface area contributed by atoms with Gasteiger partial charge in [-0.25, -0.2) is 4.79 Å². The van der Waals surface area contributed by atoms with E-state index < -0.39 is 5.76 Å². The van der Waals surface area contributed by atoms with Gasteiger partial charge in [0.15, 0.2) is 5.58 Å². The van der Waals surface area contributed by atoms with Crippen LogP contribution in [0.1, 0.15) is 0 Å². The Labute approximate surface area is 102 Å². The van der Waals surface area contributed by atoms with Crippen LogP contribution >= 0.6 is 11.6 Å². The number of benzene rings is 2. The van der Waals surface area contributed by atoms with Crippen molar-refractivity contribution in [1.29, 1.82) is 0 Å². The van der Waals surface area contributed by atoms with Crippen molar-refractivity contribution in [1.82, 2.24) is 4.98 Å². The molecule has 17 heavy (non-hydrogen) atoms. The first-order valence-corrected chi connectivity index (χ1v) is 5.49. The average molecular weight is 246 g/mol. The predicted molar refractivity (Wildman–Crippen MR) is 67.3 cm³/mol. The number of nitrogens with one attached hydrogen (secondary N) is 1. The highest BCUT2D eigenvalue weighted by Crippen LogP contribution is 2.29. The third kappa shape index (κ3) is 1.74. The zero-order valence-electron chi connectivity index (χ0n) is 8.74. The first-order valence-electron chi connectivity index (χ1n) is 5.12. The van der Waals surface area contributed by atoms with Crippen LogP contribution in [0, 0.1) is 0 Å². The number of hydrogen-bond donors (Lipinski definition) is 1. The Morgan fingerprint density at radius 1 is 1.06 bits per heavy atom. The zero-order valence-corrected chi connectivity index (χ0v) is 9.49. The summed E-state index contributed by atoms with van der Waals surface area (Å²) in [4.78, 5) is 13.7. The van der Waals surface area contributed by atoms with Crippen LogP contribution < -0.4 is 5.76 Å². The second-order valence-electron chi connectivity index (χ2n) is 3.72. The standard InChI is InChI=1S/C13H8ClNO2/c14-10-6-9(8-4-2-1-3-5-8)7-11-12(10)17-13(16)15-11/h1-7H,(H,15,16). The van der Waals surface area contributed by atoms with Crippen molar-refractivity contribution >= 4 is 22.7 Å². The number of oxazole rings is 1. The third-order valence-corrected chi connectivity index (χ3v) is 2.86. The number of halogens is 1. The molecule has 0 unspecified atom stereocenters. The van der Waals surface area contributed by atoms with Gasteiger partial charge in [-0.2, -0.15) is 0 Å². The molecule has 1 aromatic heterocycles. The number of fused-ring (bicyclic) bond motifs is 1. The van der Waals surface area contributed by atoms with E-state index in [2.05, 4.69) is 4.98 Å². The Balaban J connectivity index is 2.29. The minimum Gasteiger partial charge on any atom is -0.406 e. The van der Waals surface area contributed by atoms with Crippen LogP contribution in [0.15, 0.2) is 51.7 Å². The summed E-state index contributed by atoms with van der Waals surface area (Å²) < 4.78 is 4.95. The van der Waals surface area contributed by atoms with Crippen molar-refractivity contribution in [2.24, 2.45) is 0 Å². The van der Waals surface area contributed by atoms with Gasteiger partial charge in [-0.3, -0.25) is 4.98 Å². The molecule has 3 rings (SSSR count). The van der Waals surface area contributed by atoms with Gasteiger partial charge >= 0.3 is 5.76 Å². The lowest BCUT2D eigenvalue weighted by molar-refractivity contribution is 0.555. The van der Waals surface area contributed by atoms with E-state index in [1.54, 1.807) is 6.07 Å². The first-order chi connectivity index (χ1) is 8.24. The van der Waals surface area contributed by atoms with Crippen molar-refractivity contribution in [3.8, 4) is 11.1 Å². The van der Waals surface area contributed by atoms with Gasteiger partial charge in [-0.1, -0.05) is 41.9 Å². The smallest absolute Gasteiger partial charge is 0.406 e. The van der Waals surface area contributed by atoms with Crippen LogP contribution in [-0.4, -0.2) is 4.98 Å². The highest BCUT2D eigenvalue weighted by molar-refractivity contribution is 6.35. The average Bonchev–Trinajstić information content (AvgIpc) is 2.71. The lowest BCUT2D eigenvalue weighted by atomic mass is 10.1. The quantitative estimate of drug-likeness (QED) is 0.714. The molecule has 0 spiro atoms. The van der Waals surface area contributed by atoms with Crippen molar-refractivity contribution in [2.75, 3.05) is 0 Å². The van der Waals surface area contributed by atoms with Gasteiger partial charge in [0.1, 0.15) is 0 Å². The number of aromatic nitrogens is 1. The number of H-pyrrole nitrogens is 1. The molecule has 0 radical (unpaired) electrons. The summed E-state index contributed by atoms with van der Waals surface area (Å²) in [5.41, 5.74) is 3.00.